The molecule has 0 radical (unpaired) electrons. The van der Waals surface area contributed by atoms with Crippen LogP contribution in [-0.2, 0) is 16.1 Å². The minimum Gasteiger partial charge on any atom is -0.378 e. The topological polar surface area (TPSA) is 52.7 Å². The number of benzene rings is 2. The van der Waals surface area contributed by atoms with Crippen LogP contribution in [0.25, 0.3) is 0 Å². The van der Waals surface area contributed by atoms with E-state index in [1.54, 1.807) is 11.9 Å². The fraction of sp³-hybridized carbons (Fsp3) is 0.263. The largest absolute Gasteiger partial charge is 0.378 e. The molecular weight excluding hydrogens is 302 g/mol. The van der Waals surface area contributed by atoms with Gasteiger partial charge in [-0.15, -0.1) is 0 Å². The van der Waals surface area contributed by atoms with E-state index in [1.807, 2.05) is 73.6 Å². The Balaban J connectivity index is 1.85. The van der Waals surface area contributed by atoms with Gasteiger partial charge in [-0.25, -0.2) is 0 Å². The van der Waals surface area contributed by atoms with Gasteiger partial charge in [0.05, 0.1) is 0 Å². The Labute approximate surface area is 142 Å². The molecule has 0 aromatic heterocycles. The molecule has 0 unspecified atom stereocenters. The van der Waals surface area contributed by atoms with Gasteiger partial charge >= 0.3 is 0 Å². The summed E-state index contributed by atoms with van der Waals surface area (Å²) in [4.78, 5) is 27.7. The highest BCUT2D eigenvalue weighted by Crippen LogP contribution is 2.16. The number of anilines is 2. The van der Waals surface area contributed by atoms with Crippen LogP contribution in [0.15, 0.2) is 54.6 Å². The van der Waals surface area contributed by atoms with Gasteiger partial charge in [-0.1, -0.05) is 30.3 Å². The van der Waals surface area contributed by atoms with Crippen molar-refractivity contribution in [3.63, 3.8) is 0 Å². The number of carbonyl (C=O) groups is 2. The number of nitrogens with one attached hydrogen (secondary N) is 1. The van der Waals surface area contributed by atoms with E-state index in [9.17, 15) is 9.59 Å². The Bertz CT molecular complexity index is 682. The van der Waals surface area contributed by atoms with Crippen LogP contribution in [0.4, 0.5) is 11.4 Å². The van der Waals surface area contributed by atoms with E-state index in [0.29, 0.717) is 12.2 Å². The van der Waals surface area contributed by atoms with Crippen molar-refractivity contribution in [3.8, 4) is 0 Å². The van der Waals surface area contributed by atoms with Gasteiger partial charge in [0.25, 0.3) is 0 Å². The van der Waals surface area contributed by atoms with Crippen molar-refractivity contribution in [3.05, 3.63) is 60.2 Å². The molecule has 2 rings (SSSR count). The normalized spacial score (nSPS) is 10.1. The maximum atomic E-state index is 12.1. The van der Waals surface area contributed by atoms with Gasteiger partial charge in [-0.05, 0) is 29.8 Å². The molecule has 1 N–H and O–H groups in total. The molecule has 0 saturated heterocycles. The number of nitrogens with zero attached hydrogens (tertiary/aromatic N) is 2. The summed E-state index contributed by atoms with van der Waals surface area (Å²) in [5, 5.41) is 2.75. The van der Waals surface area contributed by atoms with E-state index in [4.69, 9.17) is 0 Å². The molecule has 2 aromatic carbocycles. The van der Waals surface area contributed by atoms with E-state index >= 15 is 0 Å². The molecule has 0 spiro atoms. The standard InChI is InChI=1S/C19H23N3O2/c1-21(2)17-11-9-16(10-12-17)20-18(23)13-19(24)22(3)14-15-7-5-4-6-8-15/h4-12H,13-14H2,1-3H3,(H,20,23). The SMILES string of the molecule is CN(Cc1ccccc1)C(=O)CC(=O)Nc1ccc(N(C)C)cc1. The van der Waals surface area contributed by atoms with Crippen LogP contribution in [0, 0.1) is 0 Å². The zero-order valence-electron chi connectivity index (χ0n) is 14.3. The molecular formula is C19H23N3O2. The van der Waals surface area contributed by atoms with Crippen LogP contribution < -0.4 is 10.2 Å². The summed E-state index contributed by atoms with van der Waals surface area (Å²) in [6.45, 7) is 0.491. The number of hydrogen-bond acceptors (Lipinski definition) is 3. The lowest BCUT2D eigenvalue weighted by molar-refractivity contribution is -0.133. The molecule has 0 atom stereocenters. The first-order valence-electron chi connectivity index (χ1n) is 7.81. The van der Waals surface area contributed by atoms with Gasteiger partial charge in [0, 0.05) is 39.1 Å². The highest BCUT2D eigenvalue weighted by atomic mass is 16.2. The van der Waals surface area contributed by atoms with Crippen LogP contribution >= 0.6 is 0 Å². The van der Waals surface area contributed by atoms with Crippen LogP contribution in [-0.4, -0.2) is 37.9 Å². The summed E-state index contributed by atoms with van der Waals surface area (Å²) in [5.74, 6) is -0.515. The molecule has 0 heterocycles. The molecule has 5 nitrogen and oxygen atoms in total. The Morgan fingerprint density at radius 3 is 2.12 bits per heavy atom. The predicted octanol–water partition coefficient (Wildman–Crippen LogP) is 2.74. The first-order valence-corrected chi connectivity index (χ1v) is 7.81. The minimum absolute atomic E-state index is 0.168. The molecule has 24 heavy (non-hydrogen) atoms. The van der Waals surface area contributed by atoms with Gasteiger partial charge in [0.1, 0.15) is 6.42 Å². The van der Waals surface area contributed by atoms with Gasteiger partial charge in [0.15, 0.2) is 0 Å². The Morgan fingerprint density at radius 1 is 0.917 bits per heavy atom. The molecule has 0 saturated carbocycles. The average molecular weight is 325 g/mol. The van der Waals surface area contributed by atoms with E-state index in [2.05, 4.69) is 5.32 Å². The smallest absolute Gasteiger partial charge is 0.233 e. The fourth-order valence-corrected chi connectivity index (χ4v) is 2.27. The first kappa shape index (κ1) is 17.5. The lowest BCUT2D eigenvalue weighted by Gasteiger charge is -2.17. The summed E-state index contributed by atoms with van der Waals surface area (Å²) in [7, 11) is 5.61. The maximum absolute atomic E-state index is 12.1. The molecule has 0 fully saturated rings. The van der Waals surface area contributed by atoms with Crippen LogP contribution in [0.5, 0.6) is 0 Å². The summed E-state index contributed by atoms with van der Waals surface area (Å²) < 4.78 is 0. The van der Waals surface area contributed by atoms with Crippen LogP contribution in [0.1, 0.15) is 12.0 Å². The zero-order valence-corrected chi connectivity index (χ0v) is 14.3. The van der Waals surface area contributed by atoms with Gasteiger partial charge in [0.2, 0.25) is 11.8 Å². The second kappa shape index (κ2) is 8.15. The molecule has 126 valence electrons. The molecule has 0 aliphatic heterocycles. The predicted molar refractivity (Wildman–Crippen MR) is 96.9 cm³/mol. The highest BCUT2D eigenvalue weighted by Gasteiger charge is 2.14. The lowest BCUT2D eigenvalue weighted by atomic mass is 10.2. The number of hydrogen-bond donors (Lipinski definition) is 1. The van der Waals surface area contributed by atoms with Crippen LogP contribution in [0.2, 0.25) is 0 Å². The van der Waals surface area contributed by atoms with Gasteiger partial charge < -0.3 is 15.1 Å². The molecule has 5 heteroatoms. The lowest BCUT2D eigenvalue weighted by Crippen LogP contribution is -2.30. The van der Waals surface area contributed by atoms with E-state index in [1.165, 1.54) is 0 Å². The number of carbonyl (C=O) groups excluding carboxylic acids is 2. The number of amides is 2. The Morgan fingerprint density at radius 2 is 1.54 bits per heavy atom. The monoisotopic (exact) mass is 325 g/mol. The Kier molecular flexibility index (Phi) is 5.95. The quantitative estimate of drug-likeness (QED) is 0.831. The third-order valence-corrected chi connectivity index (χ3v) is 3.67. The third-order valence-electron chi connectivity index (χ3n) is 3.67. The van der Waals surface area contributed by atoms with E-state index in [-0.39, 0.29) is 18.2 Å². The van der Waals surface area contributed by atoms with Crippen molar-refractivity contribution in [2.24, 2.45) is 0 Å². The van der Waals surface area contributed by atoms with Gasteiger partial charge in [-0.2, -0.15) is 0 Å². The average Bonchev–Trinajstić information content (AvgIpc) is 2.56. The summed E-state index contributed by atoms with van der Waals surface area (Å²) in [6, 6.07) is 17.2. The van der Waals surface area contributed by atoms with Crippen LogP contribution in [0.3, 0.4) is 0 Å². The van der Waals surface area contributed by atoms with Crippen molar-refractivity contribution < 1.29 is 9.59 Å². The van der Waals surface area contributed by atoms with Crippen molar-refractivity contribution in [1.29, 1.82) is 0 Å². The molecule has 2 aromatic rings. The van der Waals surface area contributed by atoms with Crippen molar-refractivity contribution in [1.82, 2.24) is 4.90 Å². The highest BCUT2D eigenvalue weighted by molar-refractivity contribution is 6.03. The number of rotatable bonds is 6. The van der Waals surface area contributed by atoms with Crippen molar-refractivity contribution in [2.45, 2.75) is 13.0 Å². The molecule has 2 amide bonds. The first-order chi connectivity index (χ1) is 11.5. The summed E-state index contributed by atoms with van der Waals surface area (Å²) in [5.41, 5.74) is 2.77. The maximum Gasteiger partial charge on any atom is 0.233 e. The molecule has 0 bridgehead atoms. The van der Waals surface area contributed by atoms with Crippen molar-refractivity contribution >= 4 is 23.2 Å². The minimum atomic E-state index is -0.308. The molecule has 0 aliphatic carbocycles. The molecule has 0 aliphatic rings. The second-order valence-electron chi connectivity index (χ2n) is 5.90. The van der Waals surface area contributed by atoms with E-state index < -0.39 is 0 Å². The van der Waals surface area contributed by atoms with E-state index in [0.717, 1.165) is 11.3 Å². The van der Waals surface area contributed by atoms with Crippen molar-refractivity contribution in [2.75, 3.05) is 31.4 Å². The Hall–Kier alpha value is -2.82. The van der Waals surface area contributed by atoms with Gasteiger partial charge in [-0.3, -0.25) is 9.59 Å². The summed E-state index contributed by atoms with van der Waals surface area (Å²) >= 11 is 0. The summed E-state index contributed by atoms with van der Waals surface area (Å²) in [6.07, 6.45) is -0.168. The zero-order chi connectivity index (χ0) is 17.5. The fourth-order valence-electron chi connectivity index (χ4n) is 2.27. The second-order valence-corrected chi connectivity index (χ2v) is 5.90. The third kappa shape index (κ3) is 5.12.